The number of nitrogens with one attached hydrogen (secondary N) is 1. The lowest BCUT2D eigenvalue weighted by atomic mass is 10.0. The predicted molar refractivity (Wildman–Crippen MR) is 132 cm³/mol. The fourth-order valence-electron chi connectivity index (χ4n) is 3.73. The van der Waals surface area contributed by atoms with Crippen LogP contribution in [0.3, 0.4) is 0 Å². The Hall–Kier alpha value is -4.07. The normalized spacial score (nSPS) is 14.0. The molecule has 33 heavy (non-hydrogen) atoms. The van der Waals surface area contributed by atoms with Crippen molar-refractivity contribution < 1.29 is 4.39 Å². The molecular formula is C25H26FN7. The summed E-state index contributed by atoms with van der Waals surface area (Å²) in [6.45, 7) is 4.21. The van der Waals surface area contributed by atoms with Crippen molar-refractivity contribution in [2.45, 2.75) is 33.1 Å². The van der Waals surface area contributed by atoms with Crippen molar-refractivity contribution in [3.63, 3.8) is 0 Å². The third-order valence-electron chi connectivity index (χ3n) is 5.13. The highest BCUT2D eigenvalue weighted by molar-refractivity contribution is 6.13. The van der Waals surface area contributed by atoms with E-state index in [-0.39, 0.29) is 5.82 Å². The van der Waals surface area contributed by atoms with Gasteiger partial charge in [0.2, 0.25) is 0 Å². The summed E-state index contributed by atoms with van der Waals surface area (Å²) in [6, 6.07) is 15.2. The lowest BCUT2D eigenvalue weighted by molar-refractivity contribution is 0.623. The molecule has 0 aliphatic carbocycles. The Morgan fingerprint density at radius 1 is 1.03 bits per heavy atom. The zero-order valence-electron chi connectivity index (χ0n) is 18.7. The number of fused-ring (bicyclic) bond motifs is 2. The Morgan fingerprint density at radius 3 is 2.58 bits per heavy atom. The third kappa shape index (κ3) is 4.59. The van der Waals surface area contributed by atoms with Gasteiger partial charge >= 0.3 is 0 Å². The largest absolute Gasteiger partial charge is 0.382 e. The molecule has 5 rings (SSSR count). The number of benzene rings is 2. The second-order valence-corrected chi connectivity index (χ2v) is 7.44. The summed E-state index contributed by atoms with van der Waals surface area (Å²) in [4.78, 5) is 21.2. The molecule has 3 N–H and O–H groups in total. The molecule has 4 aromatic rings. The van der Waals surface area contributed by atoms with E-state index in [1.165, 1.54) is 18.7 Å². The molecule has 0 atom stereocenters. The van der Waals surface area contributed by atoms with E-state index in [2.05, 4.69) is 44.8 Å². The van der Waals surface area contributed by atoms with E-state index < -0.39 is 0 Å². The van der Waals surface area contributed by atoms with Gasteiger partial charge in [0.1, 0.15) is 23.5 Å². The molecule has 2 aromatic heterocycles. The van der Waals surface area contributed by atoms with Crippen molar-refractivity contribution in [1.29, 1.82) is 0 Å². The Kier molecular flexibility index (Phi) is 6.73. The molecular weight excluding hydrogens is 417 g/mol. The topological polar surface area (TPSA) is 96.1 Å². The van der Waals surface area contributed by atoms with Crippen LogP contribution in [-0.2, 0) is 0 Å². The summed E-state index contributed by atoms with van der Waals surface area (Å²) in [6.07, 6.45) is 7.69. The van der Waals surface area contributed by atoms with Crippen LogP contribution in [0.2, 0.25) is 0 Å². The number of halogens is 1. The maximum atomic E-state index is 14.5. The average Bonchev–Trinajstić information content (AvgIpc) is 3.31. The molecule has 3 heterocycles. The van der Waals surface area contributed by atoms with E-state index in [1.807, 2.05) is 36.4 Å². The number of H-pyrrole nitrogens is 1. The number of para-hydroxylation sites is 1. The monoisotopic (exact) mass is 443 g/mol. The minimum Gasteiger partial charge on any atom is -0.382 e. The van der Waals surface area contributed by atoms with Crippen LogP contribution in [0.15, 0.2) is 72.3 Å². The number of aromatic amines is 1. The maximum Gasteiger partial charge on any atom is 0.182 e. The van der Waals surface area contributed by atoms with Gasteiger partial charge in [-0.25, -0.2) is 24.3 Å². The van der Waals surface area contributed by atoms with E-state index in [1.54, 1.807) is 6.07 Å². The van der Waals surface area contributed by atoms with Gasteiger partial charge in [0.05, 0.1) is 23.3 Å². The van der Waals surface area contributed by atoms with Gasteiger partial charge in [0, 0.05) is 12.1 Å². The molecule has 8 heteroatoms. The molecule has 0 radical (unpaired) electrons. The Balaban J connectivity index is 0.000000214. The number of nitrogen functional groups attached to an aromatic ring is 1. The van der Waals surface area contributed by atoms with Crippen molar-refractivity contribution >= 4 is 39.9 Å². The van der Waals surface area contributed by atoms with E-state index in [0.717, 1.165) is 42.2 Å². The standard InChI is InChI=1S/C20H21FN2.C5H5N5/c1-3-9-18-20-16(21)13-8-14-17(20)22-19(10-4-2)23(18)15-11-6-5-7-12-15;6-4-3-5(9-1-7-3)10-2-8-4/h5-9,11-14H,3-4,10H2,1-2H3;1-2H,(H3,6,7,8,9,10)/b18-9+;. The van der Waals surface area contributed by atoms with Crippen molar-refractivity contribution in [1.82, 2.24) is 19.9 Å². The molecule has 0 spiro atoms. The molecule has 1 aliphatic heterocycles. The van der Waals surface area contributed by atoms with Crippen LogP contribution in [0, 0.1) is 5.82 Å². The van der Waals surface area contributed by atoms with Gasteiger partial charge in [-0.2, -0.15) is 0 Å². The van der Waals surface area contributed by atoms with Gasteiger partial charge in [-0.1, -0.05) is 44.2 Å². The first-order valence-electron chi connectivity index (χ1n) is 10.9. The fourth-order valence-corrected chi connectivity index (χ4v) is 3.73. The zero-order valence-corrected chi connectivity index (χ0v) is 18.7. The molecule has 0 unspecified atom stereocenters. The summed E-state index contributed by atoms with van der Waals surface area (Å²) in [5.41, 5.74) is 10.0. The first-order valence-corrected chi connectivity index (χ1v) is 10.9. The van der Waals surface area contributed by atoms with Gasteiger partial charge in [-0.15, -0.1) is 0 Å². The second-order valence-electron chi connectivity index (χ2n) is 7.44. The lowest BCUT2D eigenvalue weighted by Gasteiger charge is -2.33. The Bertz CT molecular complexity index is 1290. The molecule has 7 nitrogen and oxygen atoms in total. The molecule has 1 aliphatic rings. The summed E-state index contributed by atoms with van der Waals surface area (Å²) in [5.74, 6) is 1.18. The van der Waals surface area contributed by atoms with Gasteiger partial charge < -0.3 is 10.7 Å². The number of rotatable bonds is 4. The highest BCUT2D eigenvalue weighted by atomic mass is 19.1. The number of allylic oxidation sites excluding steroid dienone is 1. The number of imidazole rings is 1. The summed E-state index contributed by atoms with van der Waals surface area (Å²) >= 11 is 0. The molecule has 0 fully saturated rings. The minimum atomic E-state index is -0.220. The number of anilines is 2. The van der Waals surface area contributed by atoms with Crippen LogP contribution in [0.5, 0.6) is 0 Å². The Morgan fingerprint density at radius 2 is 1.85 bits per heavy atom. The van der Waals surface area contributed by atoms with E-state index in [9.17, 15) is 4.39 Å². The molecule has 168 valence electrons. The molecule has 2 aromatic carbocycles. The van der Waals surface area contributed by atoms with Crippen LogP contribution >= 0.6 is 0 Å². The molecule has 0 saturated heterocycles. The van der Waals surface area contributed by atoms with E-state index in [4.69, 9.17) is 10.7 Å². The van der Waals surface area contributed by atoms with Crippen LogP contribution in [0.1, 0.15) is 38.7 Å². The average molecular weight is 444 g/mol. The van der Waals surface area contributed by atoms with Crippen molar-refractivity contribution in [3.8, 4) is 0 Å². The number of amidine groups is 1. The third-order valence-corrected chi connectivity index (χ3v) is 5.13. The van der Waals surface area contributed by atoms with Gasteiger partial charge in [0.25, 0.3) is 0 Å². The van der Waals surface area contributed by atoms with Crippen molar-refractivity contribution in [2.75, 3.05) is 10.6 Å². The molecule has 0 bridgehead atoms. The number of nitrogens with zero attached hydrogens (tertiary/aromatic N) is 5. The highest BCUT2D eigenvalue weighted by Gasteiger charge is 2.27. The molecule has 0 saturated carbocycles. The smallest absolute Gasteiger partial charge is 0.182 e. The second kappa shape index (κ2) is 10.0. The number of hydrogen-bond donors (Lipinski definition) is 2. The minimum absolute atomic E-state index is 0.220. The molecule has 0 amide bonds. The SMILES string of the molecule is CC/C=C1\c2c(F)cccc2N=C(CCC)N1c1ccccc1.Nc1ncnc2nc[nH]c12. The van der Waals surface area contributed by atoms with E-state index >= 15 is 0 Å². The maximum absolute atomic E-state index is 14.5. The summed E-state index contributed by atoms with van der Waals surface area (Å²) in [5, 5.41) is 0. The quantitative estimate of drug-likeness (QED) is 0.412. The van der Waals surface area contributed by atoms with Crippen molar-refractivity contribution in [2.24, 2.45) is 4.99 Å². The number of aliphatic imine (C=N–C) groups is 1. The highest BCUT2D eigenvalue weighted by Crippen LogP contribution is 2.39. The lowest BCUT2D eigenvalue weighted by Crippen LogP contribution is -2.32. The number of hydrogen-bond acceptors (Lipinski definition) is 6. The van der Waals surface area contributed by atoms with Crippen molar-refractivity contribution in [3.05, 3.63) is 78.6 Å². The first-order chi connectivity index (χ1) is 16.1. The first kappa shape index (κ1) is 22.1. The van der Waals surface area contributed by atoms with Crippen LogP contribution < -0.4 is 10.6 Å². The van der Waals surface area contributed by atoms with Gasteiger partial charge in [-0.3, -0.25) is 4.90 Å². The predicted octanol–water partition coefficient (Wildman–Crippen LogP) is 5.86. The van der Waals surface area contributed by atoms with Crippen LogP contribution in [0.25, 0.3) is 16.9 Å². The Labute approximate surface area is 191 Å². The van der Waals surface area contributed by atoms with Crippen LogP contribution in [0.4, 0.5) is 21.6 Å². The fraction of sp³-hybridized carbons (Fsp3) is 0.200. The van der Waals surface area contributed by atoms with Gasteiger partial charge in [-0.05, 0) is 37.1 Å². The number of nitrogens with two attached hydrogens (primary N) is 1. The summed E-state index contributed by atoms with van der Waals surface area (Å²) < 4.78 is 14.5. The summed E-state index contributed by atoms with van der Waals surface area (Å²) in [7, 11) is 0. The van der Waals surface area contributed by atoms with E-state index in [0.29, 0.717) is 22.5 Å². The van der Waals surface area contributed by atoms with Crippen LogP contribution in [-0.4, -0.2) is 25.8 Å². The number of aromatic nitrogens is 4. The van der Waals surface area contributed by atoms with Gasteiger partial charge in [0.15, 0.2) is 11.5 Å². The zero-order chi connectivity index (χ0) is 23.2.